The topological polar surface area (TPSA) is 56.7 Å². The van der Waals surface area contributed by atoms with E-state index in [9.17, 15) is 4.79 Å². The maximum atomic E-state index is 14.7. The van der Waals surface area contributed by atoms with Gasteiger partial charge in [0.25, 0.3) is 0 Å². The van der Waals surface area contributed by atoms with Crippen molar-refractivity contribution in [3.05, 3.63) is 168 Å². The highest BCUT2D eigenvalue weighted by molar-refractivity contribution is 5.98. The van der Waals surface area contributed by atoms with Crippen LogP contribution in [0.25, 0.3) is 0 Å². The zero-order valence-electron chi connectivity index (χ0n) is 24.1. The van der Waals surface area contributed by atoms with Crippen molar-refractivity contribution in [2.24, 2.45) is 4.99 Å². The van der Waals surface area contributed by atoms with Crippen molar-refractivity contribution in [2.75, 3.05) is 11.9 Å². The summed E-state index contributed by atoms with van der Waals surface area (Å²) in [6, 6.07) is 50.3. The molecule has 1 aliphatic rings. The van der Waals surface area contributed by atoms with Gasteiger partial charge in [-0.25, -0.2) is 4.99 Å². The molecule has 1 heterocycles. The second kappa shape index (κ2) is 13.2. The lowest BCUT2D eigenvalue weighted by atomic mass is 9.76. The van der Waals surface area contributed by atoms with E-state index >= 15 is 0 Å². The molecule has 5 heteroatoms. The average Bonchev–Trinajstić information content (AvgIpc) is 3.09. The molecule has 1 aliphatic heterocycles. The fraction of sp³-hybridized carbons (Fsp3) is 0.158. The summed E-state index contributed by atoms with van der Waals surface area (Å²) in [5, 5.41) is 7.13. The lowest BCUT2D eigenvalue weighted by molar-refractivity contribution is -0.127. The molecule has 5 nitrogen and oxygen atoms in total. The Balaban J connectivity index is 1.43. The summed E-state index contributed by atoms with van der Waals surface area (Å²) >= 11 is 0. The molecule has 0 unspecified atom stereocenters. The van der Waals surface area contributed by atoms with E-state index in [-0.39, 0.29) is 5.91 Å². The fourth-order valence-corrected chi connectivity index (χ4v) is 5.95. The highest BCUT2D eigenvalue weighted by Crippen LogP contribution is 2.37. The third-order valence-electron chi connectivity index (χ3n) is 8.03. The molecule has 1 amide bonds. The number of hydrogen-bond donors (Lipinski definition) is 2. The zero-order valence-corrected chi connectivity index (χ0v) is 24.1. The van der Waals surface area contributed by atoms with Crippen molar-refractivity contribution < 1.29 is 4.79 Å². The zero-order chi connectivity index (χ0) is 29.3. The van der Waals surface area contributed by atoms with Crippen LogP contribution < -0.4 is 10.6 Å². The molecule has 0 aliphatic carbocycles. The van der Waals surface area contributed by atoms with E-state index in [1.165, 1.54) is 0 Å². The Morgan fingerprint density at radius 3 is 1.60 bits per heavy atom. The van der Waals surface area contributed by atoms with E-state index in [2.05, 4.69) is 51.9 Å². The van der Waals surface area contributed by atoms with E-state index in [4.69, 9.17) is 4.99 Å². The van der Waals surface area contributed by atoms with E-state index in [1.807, 2.05) is 115 Å². The third-order valence-corrected chi connectivity index (χ3v) is 8.03. The number of guanidine groups is 1. The van der Waals surface area contributed by atoms with Gasteiger partial charge in [-0.2, -0.15) is 0 Å². The molecule has 2 N–H and O–H groups in total. The Labute approximate surface area is 253 Å². The largest absolute Gasteiger partial charge is 0.337 e. The van der Waals surface area contributed by atoms with Crippen molar-refractivity contribution >= 4 is 23.2 Å². The number of carbonyl (C=O) groups is 1. The maximum absolute atomic E-state index is 14.7. The number of anilines is 1. The minimum absolute atomic E-state index is 0.0353. The van der Waals surface area contributed by atoms with Crippen molar-refractivity contribution in [1.82, 2.24) is 10.2 Å². The van der Waals surface area contributed by atoms with Gasteiger partial charge in [0.05, 0.1) is 5.69 Å². The predicted molar refractivity (Wildman–Crippen MR) is 175 cm³/mol. The van der Waals surface area contributed by atoms with Crippen LogP contribution in [0.3, 0.4) is 0 Å². The number of aliphatic imine (C=N–C) groups is 1. The molecule has 0 bridgehead atoms. The van der Waals surface area contributed by atoms with Crippen molar-refractivity contribution in [3.8, 4) is 0 Å². The molecular weight excluding hydrogens is 528 g/mol. The van der Waals surface area contributed by atoms with Crippen molar-refractivity contribution in [1.29, 1.82) is 0 Å². The highest BCUT2D eigenvalue weighted by atomic mass is 16.2. The Morgan fingerprint density at radius 2 is 1.09 bits per heavy atom. The van der Waals surface area contributed by atoms with Gasteiger partial charge in [-0.1, -0.05) is 127 Å². The third kappa shape index (κ3) is 6.21. The number of likely N-dealkylation sites (tertiary alicyclic amines) is 1. The summed E-state index contributed by atoms with van der Waals surface area (Å²) in [5.74, 6) is 0.633. The maximum Gasteiger partial charge on any atom is 0.244 e. The molecule has 43 heavy (non-hydrogen) atoms. The van der Waals surface area contributed by atoms with Crippen LogP contribution >= 0.6 is 0 Å². The van der Waals surface area contributed by atoms with Crippen LogP contribution in [0.2, 0.25) is 0 Å². The van der Waals surface area contributed by atoms with Crippen LogP contribution in [0.4, 0.5) is 11.4 Å². The monoisotopic (exact) mass is 564 g/mol. The van der Waals surface area contributed by atoms with Gasteiger partial charge in [-0.3, -0.25) is 4.79 Å². The van der Waals surface area contributed by atoms with Gasteiger partial charge < -0.3 is 15.5 Å². The number of benzene rings is 5. The lowest BCUT2D eigenvalue weighted by Gasteiger charge is -2.42. The highest BCUT2D eigenvalue weighted by Gasteiger charge is 2.41. The van der Waals surface area contributed by atoms with Gasteiger partial charge in [0, 0.05) is 12.2 Å². The van der Waals surface area contributed by atoms with Crippen LogP contribution in [0, 0.1) is 0 Å². The minimum Gasteiger partial charge on any atom is -0.337 e. The Morgan fingerprint density at radius 1 is 0.628 bits per heavy atom. The Bertz CT molecular complexity index is 1530. The second-order valence-corrected chi connectivity index (χ2v) is 10.8. The summed E-state index contributed by atoms with van der Waals surface area (Å²) < 4.78 is 0. The summed E-state index contributed by atoms with van der Waals surface area (Å²) in [5.41, 5.74) is 3.89. The summed E-state index contributed by atoms with van der Waals surface area (Å²) in [4.78, 5) is 21.9. The first-order chi connectivity index (χ1) is 21.2. The van der Waals surface area contributed by atoms with Gasteiger partial charge in [-0.15, -0.1) is 0 Å². The van der Waals surface area contributed by atoms with E-state index < -0.39 is 11.6 Å². The second-order valence-electron chi connectivity index (χ2n) is 10.8. The normalized spacial score (nSPS) is 15.5. The smallest absolute Gasteiger partial charge is 0.244 e. The SMILES string of the molecule is O=C(NC(c1ccccc1)(c1ccccc1)c1ccccc1)[C@@H]1CCCCN1C(=Nc1ccccc1)Nc1ccccc1. The fourth-order valence-electron chi connectivity index (χ4n) is 5.95. The quantitative estimate of drug-likeness (QED) is 0.121. The molecule has 5 aromatic carbocycles. The molecular formula is C38H36N4O. The van der Waals surface area contributed by atoms with Crippen LogP contribution in [0.15, 0.2) is 157 Å². The van der Waals surface area contributed by atoms with Gasteiger partial charge >= 0.3 is 0 Å². The number of nitrogens with zero attached hydrogens (tertiary/aromatic N) is 2. The average molecular weight is 565 g/mol. The van der Waals surface area contributed by atoms with Crippen LogP contribution in [-0.2, 0) is 10.3 Å². The van der Waals surface area contributed by atoms with Gasteiger partial charge in [0.2, 0.25) is 11.9 Å². The first kappa shape index (κ1) is 28.0. The van der Waals surface area contributed by atoms with E-state index in [0.717, 1.165) is 53.9 Å². The molecule has 214 valence electrons. The number of rotatable bonds is 7. The lowest BCUT2D eigenvalue weighted by Crippen LogP contribution is -2.58. The number of hydrogen-bond acceptors (Lipinski definition) is 2. The molecule has 0 aromatic heterocycles. The number of piperidine rings is 1. The summed E-state index contributed by atoms with van der Waals surface area (Å²) in [7, 11) is 0. The number of para-hydroxylation sites is 2. The molecule has 1 atom stereocenters. The van der Waals surface area contributed by atoms with E-state index in [0.29, 0.717) is 5.96 Å². The van der Waals surface area contributed by atoms with Gasteiger partial charge in [0.1, 0.15) is 11.6 Å². The Kier molecular flexibility index (Phi) is 8.60. The number of nitrogens with one attached hydrogen (secondary N) is 2. The van der Waals surface area contributed by atoms with E-state index in [1.54, 1.807) is 0 Å². The predicted octanol–water partition coefficient (Wildman–Crippen LogP) is 7.75. The molecule has 0 saturated carbocycles. The first-order valence-electron chi connectivity index (χ1n) is 14.9. The van der Waals surface area contributed by atoms with Crippen LogP contribution in [-0.4, -0.2) is 29.4 Å². The van der Waals surface area contributed by atoms with Crippen LogP contribution in [0.1, 0.15) is 36.0 Å². The molecule has 5 aromatic rings. The molecule has 0 spiro atoms. The van der Waals surface area contributed by atoms with Gasteiger partial charge in [-0.05, 0) is 60.2 Å². The molecule has 0 radical (unpaired) electrons. The summed E-state index contributed by atoms with van der Waals surface area (Å²) in [6.45, 7) is 0.721. The molecule has 1 saturated heterocycles. The summed E-state index contributed by atoms with van der Waals surface area (Å²) in [6.07, 6.45) is 2.67. The Hall–Kier alpha value is -5.16. The van der Waals surface area contributed by atoms with Crippen molar-refractivity contribution in [2.45, 2.75) is 30.8 Å². The van der Waals surface area contributed by atoms with Crippen LogP contribution in [0.5, 0.6) is 0 Å². The minimum atomic E-state index is -0.881. The standard InChI is InChI=1S/C38H36N4O/c43-36(41-38(30-18-6-1-7-19-30,31-20-8-2-9-21-31)32-22-10-3-11-23-32)35-28-16-17-29-42(35)37(39-33-24-12-4-13-25-33)40-34-26-14-5-15-27-34/h1-15,18-27,35H,16-17,28-29H2,(H,39,40)(H,41,43)/t35-/m0/s1. The molecule has 1 fully saturated rings. The first-order valence-corrected chi connectivity index (χ1v) is 14.9. The number of amides is 1. The molecule has 6 rings (SSSR count). The van der Waals surface area contributed by atoms with Crippen molar-refractivity contribution in [3.63, 3.8) is 0 Å². The van der Waals surface area contributed by atoms with Gasteiger partial charge in [0.15, 0.2) is 0 Å². The number of carbonyl (C=O) groups excluding carboxylic acids is 1.